The number of methoxy groups -OCH3 is 1. The van der Waals surface area contributed by atoms with Gasteiger partial charge in [0.25, 0.3) is 0 Å². The molecule has 0 radical (unpaired) electrons. The summed E-state index contributed by atoms with van der Waals surface area (Å²) in [7, 11) is 1.61. The van der Waals surface area contributed by atoms with Crippen molar-refractivity contribution >= 4 is 23.0 Å². The highest BCUT2D eigenvalue weighted by Gasteiger charge is 2.05. The van der Waals surface area contributed by atoms with E-state index >= 15 is 0 Å². The Balaban J connectivity index is 2.06. The quantitative estimate of drug-likeness (QED) is 0.879. The molecule has 0 bridgehead atoms. The van der Waals surface area contributed by atoms with Crippen molar-refractivity contribution in [2.45, 2.75) is 27.0 Å². The zero-order chi connectivity index (χ0) is 13.8. The summed E-state index contributed by atoms with van der Waals surface area (Å²) in [4.78, 5) is 11.1. The third-order valence-electron chi connectivity index (χ3n) is 2.73. The van der Waals surface area contributed by atoms with E-state index in [4.69, 9.17) is 10.5 Å². The lowest BCUT2D eigenvalue weighted by atomic mass is 10.3. The van der Waals surface area contributed by atoms with Gasteiger partial charge in [-0.3, -0.25) is 0 Å². The van der Waals surface area contributed by atoms with Gasteiger partial charge in [-0.2, -0.15) is 0 Å². The van der Waals surface area contributed by atoms with E-state index in [9.17, 15) is 0 Å². The molecule has 0 aliphatic heterocycles. The number of hydrogen-bond acceptors (Lipinski definition) is 6. The molecule has 0 aromatic carbocycles. The molecular weight excluding hydrogens is 260 g/mol. The lowest BCUT2D eigenvalue weighted by molar-refractivity contribution is 0.178. The van der Waals surface area contributed by atoms with Gasteiger partial charge in [0.1, 0.15) is 18.2 Å². The summed E-state index contributed by atoms with van der Waals surface area (Å²) < 4.78 is 5.01. The van der Waals surface area contributed by atoms with Gasteiger partial charge in [-0.15, -0.1) is 11.3 Å². The van der Waals surface area contributed by atoms with Crippen LogP contribution in [0.15, 0.2) is 12.1 Å². The highest BCUT2D eigenvalue weighted by atomic mass is 32.1. The minimum Gasteiger partial charge on any atom is -0.384 e. The van der Waals surface area contributed by atoms with Gasteiger partial charge in [0.2, 0.25) is 0 Å². The van der Waals surface area contributed by atoms with Crippen LogP contribution < -0.4 is 11.1 Å². The molecule has 2 heterocycles. The molecule has 0 spiro atoms. The standard InChI is InChI=1S/C13H18N4OS/c1-8-4-10(19-9(8)2)6-15-12-5-11(14)16-13(17-12)7-18-3/h4-5H,6-7H2,1-3H3,(H3,14,15,16,17). The highest BCUT2D eigenvalue weighted by Crippen LogP contribution is 2.21. The number of hydrogen-bond donors (Lipinski definition) is 2. The van der Waals surface area contributed by atoms with Gasteiger partial charge in [0, 0.05) is 22.9 Å². The van der Waals surface area contributed by atoms with Crippen molar-refractivity contribution in [2.75, 3.05) is 18.2 Å². The Labute approximate surface area is 116 Å². The van der Waals surface area contributed by atoms with Crippen LogP contribution in [0.1, 0.15) is 21.1 Å². The Hall–Kier alpha value is -1.66. The SMILES string of the molecule is COCc1nc(N)cc(NCc2cc(C)c(C)s2)n1. The molecule has 2 rings (SSSR count). The van der Waals surface area contributed by atoms with Gasteiger partial charge < -0.3 is 15.8 Å². The van der Waals surface area contributed by atoms with Crippen LogP contribution in [0.2, 0.25) is 0 Å². The molecule has 2 aromatic rings. The zero-order valence-electron chi connectivity index (χ0n) is 11.4. The molecule has 0 amide bonds. The Morgan fingerprint density at radius 3 is 2.74 bits per heavy atom. The lowest BCUT2D eigenvalue weighted by Gasteiger charge is -2.07. The van der Waals surface area contributed by atoms with Crippen LogP contribution in [-0.4, -0.2) is 17.1 Å². The summed E-state index contributed by atoms with van der Waals surface area (Å²) in [5.41, 5.74) is 7.07. The number of thiophene rings is 1. The fraction of sp³-hybridized carbons (Fsp3) is 0.385. The second-order valence-corrected chi connectivity index (χ2v) is 5.67. The van der Waals surface area contributed by atoms with E-state index in [1.54, 1.807) is 24.5 Å². The second kappa shape index (κ2) is 5.99. The van der Waals surface area contributed by atoms with Gasteiger partial charge in [-0.05, 0) is 25.5 Å². The number of rotatable bonds is 5. The number of aromatic nitrogens is 2. The number of aryl methyl sites for hydroxylation is 2. The van der Waals surface area contributed by atoms with Crippen LogP contribution in [-0.2, 0) is 17.9 Å². The maximum Gasteiger partial charge on any atom is 0.158 e. The summed E-state index contributed by atoms with van der Waals surface area (Å²) in [6.45, 7) is 5.34. The van der Waals surface area contributed by atoms with Crippen LogP contribution in [0.25, 0.3) is 0 Å². The average Bonchev–Trinajstić information content (AvgIpc) is 2.66. The predicted octanol–water partition coefficient (Wildman–Crippen LogP) is 2.50. The summed E-state index contributed by atoms with van der Waals surface area (Å²) in [6.07, 6.45) is 0. The van der Waals surface area contributed by atoms with E-state index in [2.05, 4.69) is 35.2 Å². The maximum atomic E-state index is 5.74. The molecule has 2 aromatic heterocycles. The fourth-order valence-corrected chi connectivity index (χ4v) is 2.71. The van der Waals surface area contributed by atoms with Gasteiger partial charge in [-0.1, -0.05) is 0 Å². The molecule has 0 fully saturated rings. The van der Waals surface area contributed by atoms with E-state index in [-0.39, 0.29) is 0 Å². The number of nitrogens with one attached hydrogen (secondary N) is 1. The normalized spacial score (nSPS) is 10.7. The highest BCUT2D eigenvalue weighted by molar-refractivity contribution is 7.12. The Kier molecular flexibility index (Phi) is 4.34. The Bertz CT molecular complexity index is 548. The predicted molar refractivity (Wildman–Crippen MR) is 78.3 cm³/mol. The van der Waals surface area contributed by atoms with Crippen LogP contribution in [0.5, 0.6) is 0 Å². The summed E-state index contributed by atoms with van der Waals surface area (Å²) >= 11 is 1.79. The average molecular weight is 278 g/mol. The van der Waals surface area contributed by atoms with Crippen LogP contribution in [0, 0.1) is 13.8 Å². The third kappa shape index (κ3) is 3.65. The minimum absolute atomic E-state index is 0.358. The minimum atomic E-state index is 0.358. The van der Waals surface area contributed by atoms with Crippen molar-refractivity contribution in [1.29, 1.82) is 0 Å². The third-order valence-corrected chi connectivity index (χ3v) is 3.88. The molecule has 5 nitrogen and oxygen atoms in total. The van der Waals surface area contributed by atoms with Crippen molar-refractivity contribution in [3.8, 4) is 0 Å². The fourth-order valence-electron chi connectivity index (χ4n) is 1.72. The number of nitrogens with two attached hydrogens (primary N) is 1. The number of nitrogens with zero attached hydrogens (tertiary/aromatic N) is 2. The van der Waals surface area contributed by atoms with E-state index in [1.165, 1.54) is 15.3 Å². The first-order valence-electron chi connectivity index (χ1n) is 6.00. The molecule has 0 saturated carbocycles. The van der Waals surface area contributed by atoms with Crippen LogP contribution in [0.3, 0.4) is 0 Å². The molecule has 3 N–H and O–H groups in total. The first-order chi connectivity index (χ1) is 9.08. The number of anilines is 2. The van der Waals surface area contributed by atoms with Gasteiger partial charge in [-0.25, -0.2) is 9.97 Å². The number of ether oxygens (including phenoxy) is 1. The monoisotopic (exact) mass is 278 g/mol. The van der Waals surface area contributed by atoms with Gasteiger partial charge >= 0.3 is 0 Å². The van der Waals surface area contributed by atoms with E-state index in [1.807, 2.05) is 0 Å². The molecule has 19 heavy (non-hydrogen) atoms. The van der Waals surface area contributed by atoms with E-state index in [0.717, 1.165) is 12.4 Å². The molecule has 6 heteroatoms. The molecule has 0 aliphatic carbocycles. The molecule has 102 valence electrons. The summed E-state index contributed by atoms with van der Waals surface area (Å²) in [5, 5.41) is 3.26. The first-order valence-corrected chi connectivity index (χ1v) is 6.82. The van der Waals surface area contributed by atoms with Gasteiger partial charge in [0.15, 0.2) is 5.82 Å². The molecule has 0 unspecified atom stereocenters. The Morgan fingerprint density at radius 2 is 2.11 bits per heavy atom. The summed E-state index contributed by atoms with van der Waals surface area (Å²) in [5.74, 6) is 1.76. The van der Waals surface area contributed by atoms with Crippen molar-refractivity contribution in [1.82, 2.24) is 9.97 Å². The van der Waals surface area contributed by atoms with Crippen molar-refractivity contribution in [2.24, 2.45) is 0 Å². The molecule has 0 saturated heterocycles. The van der Waals surface area contributed by atoms with Crippen LogP contribution >= 0.6 is 11.3 Å². The van der Waals surface area contributed by atoms with E-state index in [0.29, 0.717) is 18.2 Å². The molecule has 0 aliphatic rings. The zero-order valence-corrected chi connectivity index (χ0v) is 12.2. The first kappa shape index (κ1) is 13.8. The second-order valence-electron chi connectivity index (χ2n) is 4.33. The smallest absolute Gasteiger partial charge is 0.158 e. The number of nitrogen functional groups attached to an aromatic ring is 1. The van der Waals surface area contributed by atoms with E-state index < -0.39 is 0 Å². The largest absolute Gasteiger partial charge is 0.384 e. The molecule has 0 atom stereocenters. The molecular formula is C13H18N4OS. The van der Waals surface area contributed by atoms with Crippen molar-refractivity contribution in [3.05, 3.63) is 33.3 Å². The van der Waals surface area contributed by atoms with Gasteiger partial charge in [0.05, 0.1) is 6.54 Å². The maximum absolute atomic E-state index is 5.74. The summed E-state index contributed by atoms with van der Waals surface area (Å²) in [6, 6.07) is 3.92. The lowest BCUT2D eigenvalue weighted by Crippen LogP contribution is -2.06. The van der Waals surface area contributed by atoms with Crippen molar-refractivity contribution in [3.63, 3.8) is 0 Å². The van der Waals surface area contributed by atoms with Crippen LogP contribution in [0.4, 0.5) is 11.6 Å². The van der Waals surface area contributed by atoms with Crippen molar-refractivity contribution < 1.29 is 4.74 Å². The topological polar surface area (TPSA) is 73.1 Å². The Morgan fingerprint density at radius 1 is 1.32 bits per heavy atom.